The monoisotopic (exact) mass is 247 g/mol. The Morgan fingerprint density at radius 2 is 2.22 bits per heavy atom. The van der Waals surface area contributed by atoms with Gasteiger partial charge in [0.25, 0.3) is 0 Å². The Bertz CT molecular complexity index is 372. The molecule has 1 fully saturated rings. The van der Waals surface area contributed by atoms with E-state index in [2.05, 4.69) is 48.2 Å². The molecule has 18 heavy (non-hydrogen) atoms. The molecule has 1 aromatic heterocycles. The third kappa shape index (κ3) is 4.30. The third-order valence-electron chi connectivity index (χ3n) is 3.43. The van der Waals surface area contributed by atoms with Crippen molar-refractivity contribution in [2.75, 3.05) is 18.5 Å². The van der Waals surface area contributed by atoms with Crippen molar-refractivity contribution in [1.29, 1.82) is 0 Å². The van der Waals surface area contributed by atoms with Crippen LogP contribution in [0.25, 0.3) is 0 Å². The van der Waals surface area contributed by atoms with Crippen LogP contribution < -0.4 is 10.2 Å². The SMILES string of the molecule is CC(C)CCN(C)c1ccnc(CNC2CC2)c1. The van der Waals surface area contributed by atoms with Gasteiger partial charge in [-0.1, -0.05) is 13.8 Å². The van der Waals surface area contributed by atoms with Gasteiger partial charge in [0.15, 0.2) is 0 Å². The molecule has 0 aromatic carbocycles. The Hall–Kier alpha value is -1.09. The summed E-state index contributed by atoms with van der Waals surface area (Å²) in [4.78, 5) is 6.75. The average Bonchev–Trinajstić information content (AvgIpc) is 3.18. The van der Waals surface area contributed by atoms with Crippen LogP contribution in [-0.4, -0.2) is 24.6 Å². The normalized spacial score (nSPS) is 15.1. The topological polar surface area (TPSA) is 28.2 Å². The fourth-order valence-electron chi connectivity index (χ4n) is 1.92. The Kier molecular flexibility index (Phi) is 4.59. The Balaban J connectivity index is 1.88. The fourth-order valence-corrected chi connectivity index (χ4v) is 1.92. The van der Waals surface area contributed by atoms with Crippen molar-refractivity contribution in [3.8, 4) is 0 Å². The summed E-state index contributed by atoms with van der Waals surface area (Å²) >= 11 is 0. The molecule has 3 nitrogen and oxygen atoms in total. The molecule has 2 rings (SSSR count). The van der Waals surface area contributed by atoms with Gasteiger partial charge in [0.2, 0.25) is 0 Å². The van der Waals surface area contributed by atoms with Gasteiger partial charge in [-0.05, 0) is 37.3 Å². The first-order valence-corrected chi connectivity index (χ1v) is 7.04. The fraction of sp³-hybridized carbons (Fsp3) is 0.667. The van der Waals surface area contributed by atoms with Crippen molar-refractivity contribution < 1.29 is 0 Å². The molecular formula is C15H25N3. The number of aromatic nitrogens is 1. The first-order valence-electron chi connectivity index (χ1n) is 7.04. The lowest BCUT2D eigenvalue weighted by Gasteiger charge is -2.20. The largest absolute Gasteiger partial charge is 0.374 e. The molecule has 1 aliphatic carbocycles. The van der Waals surface area contributed by atoms with Crippen LogP contribution in [0, 0.1) is 5.92 Å². The van der Waals surface area contributed by atoms with Gasteiger partial charge in [0.1, 0.15) is 0 Å². The molecule has 0 spiro atoms. The summed E-state index contributed by atoms with van der Waals surface area (Å²) in [6.07, 6.45) is 5.81. The maximum atomic E-state index is 4.43. The number of nitrogens with zero attached hydrogens (tertiary/aromatic N) is 2. The van der Waals surface area contributed by atoms with Gasteiger partial charge in [-0.25, -0.2) is 0 Å². The number of hydrogen-bond acceptors (Lipinski definition) is 3. The number of rotatable bonds is 7. The maximum absolute atomic E-state index is 4.43. The quantitative estimate of drug-likeness (QED) is 0.803. The first-order chi connectivity index (χ1) is 8.65. The third-order valence-corrected chi connectivity index (χ3v) is 3.43. The van der Waals surface area contributed by atoms with E-state index in [1.54, 1.807) is 0 Å². The molecule has 1 aliphatic rings. The standard InChI is InChI=1S/C15H25N3/c1-12(2)7-9-18(3)15-6-8-16-14(10-15)11-17-13-4-5-13/h6,8,10,12-13,17H,4-5,7,9,11H2,1-3H3. The molecule has 1 heterocycles. The van der Waals surface area contributed by atoms with Crippen LogP contribution in [0.1, 0.15) is 38.8 Å². The van der Waals surface area contributed by atoms with Crippen molar-refractivity contribution in [3.05, 3.63) is 24.0 Å². The van der Waals surface area contributed by atoms with Crippen LogP contribution in [-0.2, 0) is 6.54 Å². The van der Waals surface area contributed by atoms with Crippen molar-refractivity contribution in [1.82, 2.24) is 10.3 Å². The number of nitrogens with one attached hydrogen (secondary N) is 1. The first kappa shape index (κ1) is 13.3. The summed E-state index contributed by atoms with van der Waals surface area (Å²) in [7, 11) is 2.16. The van der Waals surface area contributed by atoms with E-state index in [-0.39, 0.29) is 0 Å². The summed E-state index contributed by atoms with van der Waals surface area (Å²) in [5.74, 6) is 0.755. The summed E-state index contributed by atoms with van der Waals surface area (Å²) < 4.78 is 0. The second kappa shape index (κ2) is 6.19. The number of anilines is 1. The zero-order chi connectivity index (χ0) is 13.0. The molecule has 3 heteroatoms. The van der Waals surface area contributed by atoms with Crippen LogP contribution in [0.4, 0.5) is 5.69 Å². The van der Waals surface area contributed by atoms with E-state index in [4.69, 9.17) is 0 Å². The van der Waals surface area contributed by atoms with Crippen LogP contribution in [0.3, 0.4) is 0 Å². The summed E-state index contributed by atoms with van der Waals surface area (Å²) in [5.41, 5.74) is 2.43. The van der Waals surface area contributed by atoms with E-state index in [9.17, 15) is 0 Å². The van der Waals surface area contributed by atoms with Gasteiger partial charge in [-0.15, -0.1) is 0 Å². The second-order valence-electron chi connectivity index (χ2n) is 5.76. The van der Waals surface area contributed by atoms with Crippen molar-refractivity contribution in [3.63, 3.8) is 0 Å². The second-order valence-corrected chi connectivity index (χ2v) is 5.76. The molecule has 0 amide bonds. The van der Waals surface area contributed by atoms with Crippen LogP contribution in [0.15, 0.2) is 18.3 Å². The average molecular weight is 247 g/mol. The molecule has 0 atom stereocenters. The number of hydrogen-bond donors (Lipinski definition) is 1. The maximum Gasteiger partial charge on any atom is 0.0562 e. The molecular weight excluding hydrogens is 222 g/mol. The summed E-state index contributed by atoms with van der Waals surface area (Å²) in [6.45, 7) is 6.55. The van der Waals surface area contributed by atoms with E-state index in [1.807, 2.05) is 6.20 Å². The predicted molar refractivity (Wildman–Crippen MR) is 76.8 cm³/mol. The molecule has 0 aliphatic heterocycles. The van der Waals surface area contributed by atoms with Crippen LogP contribution in [0.2, 0.25) is 0 Å². The van der Waals surface area contributed by atoms with Gasteiger partial charge in [-0.3, -0.25) is 4.98 Å². The van der Waals surface area contributed by atoms with Gasteiger partial charge in [0, 0.05) is 38.1 Å². The zero-order valence-electron chi connectivity index (χ0n) is 11.8. The van der Waals surface area contributed by atoms with Crippen LogP contribution in [0.5, 0.6) is 0 Å². The minimum atomic E-state index is 0.745. The predicted octanol–water partition coefficient (Wildman–Crippen LogP) is 2.82. The Morgan fingerprint density at radius 1 is 1.44 bits per heavy atom. The van der Waals surface area contributed by atoms with E-state index < -0.39 is 0 Å². The minimum Gasteiger partial charge on any atom is -0.374 e. The van der Waals surface area contributed by atoms with Crippen molar-refractivity contribution >= 4 is 5.69 Å². The zero-order valence-corrected chi connectivity index (χ0v) is 11.8. The molecule has 0 unspecified atom stereocenters. The molecule has 1 saturated carbocycles. The van der Waals surface area contributed by atoms with Gasteiger partial charge >= 0.3 is 0 Å². The van der Waals surface area contributed by atoms with Gasteiger partial charge in [-0.2, -0.15) is 0 Å². The number of pyridine rings is 1. The van der Waals surface area contributed by atoms with Crippen molar-refractivity contribution in [2.45, 2.75) is 45.7 Å². The lowest BCUT2D eigenvalue weighted by atomic mass is 10.1. The molecule has 0 radical (unpaired) electrons. The highest BCUT2D eigenvalue weighted by Crippen LogP contribution is 2.20. The summed E-state index contributed by atoms with van der Waals surface area (Å²) in [5, 5.41) is 3.51. The van der Waals surface area contributed by atoms with Crippen molar-refractivity contribution in [2.24, 2.45) is 5.92 Å². The Labute approximate surface area is 111 Å². The van der Waals surface area contributed by atoms with Gasteiger partial charge < -0.3 is 10.2 Å². The van der Waals surface area contributed by atoms with E-state index in [0.717, 1.165) is 30.7 Å². The van der Waals surface area contributed by atoms with Gasteiger partial charge in [0.05, 0.1) is 5.69 Å². The molecule has 0 saturated heterocycles. The molecule has 1 aromatic rings. The highest BCUT2D eigenvalue weighted by atomic mass is 15.1. The highest BCUT2D eigenvalue weighted by Gasteiger charge is 2.20. The minimum absolute atomic E-state index is 0.745. The highest BCUT2D eigenvalue weighted by molar-refractivity contribution is 5.45. The molecule has 0 bridgehead atoms. The summed E-state index contributed by atoms with van der Waals surface area (Å²) in [6, 6.07) is 5.05. The lowest BCUT2D eigenvalue weighted by Crippen LogP contribution is -2.21. The van der Waals surface area contributed by atoms with E-state index in [1.165, 1.54) is 24.9 Å². The molecule has 1 N–H and O–H groups in total. The van der Waals surface area contributed by atoms with Crippen LogP contribution >= 0.6 is 0 Å². The lowest BCUT2D eigenvalue weighted by molar-refractivity contribution is 0.585. The van der Waals surface area contributed by atoms with E-state index >= 15 is 0 Å². The molecule has 100 valence electrons. The smallest absolute Gasteiger partial charge is 0.0562 e. The Morgan fingerprint density at radius 3 is 2.89 bits per heavy atom. The van der Waals surface area contributed by atoms with E-state index in [0.29, 0.717) is 0 Å².